The predicted octanol–water partition coefficient (Wildman–Crippen LogP) is 5.79. The van der Waals surface area contributed by atoms with Gasteiger partial charge in [0, 0.05) is 41.6 Å². The summed E-state index contributed by atoms with van der Waals surface area (Å²) in [4.78, 5) is 52.3. The van der Waals surface area contributed by atoms with Crippen molar-refractivity contribution in [3.8, 4) is 11.1 Å². The van der Waals surface area contributed by atoms with Crippen LogP contribution in [-0.4, -0.2) is 69.5 Å². The molecule has 3 aromatic carbocycles. The number of carbonyl (C=O) groups is 4. The van der Waals surface area contributed by atoms with Crippen molar-refractivity contribution in [3.05, 3.63) is 83.6 Å². The number of aromatic amines is 1. The number of hydrogen-bond acceptors (Lipinski definition) is 7. The van der Waals surface area contributed by atoms with E-state index in [2.05, 4.69) is 31.5 Å². The first-order chi connectivity index (χ1) is 25.3. The van der Waals surface area contributed by atoms with E-state index < -0.39 is 17.7 Å². The Labute approximate surface area is 309 Å². The van der Waals surface area contributed by atoms with Gasteiger partial charge in [-0.05, 0) is 125 Å². The Kier molecular flexibility index (Phi) is 11.5. The molecule has 1 heterocycles. The maximum absolute atomic E-state index is 13.8. The van der Waals surface area contributed by atoms with Crippen LogP contribution in [0.3, 0.4) is 0 Å². The van der Waals surface area contributed by atoms with Gasteiger partial charge in [0.15, 0.2) is 0 Å². The number of benzene rings is 3. The highest BCUT2D eigenvalue weighted by Crippen LogP contribution is 2.30. The van der Waals surface area contributed by atoms with Crippen molar-refractivity contribution in [1.29, 1.82) is 0 Å². The predicted molar refractivity (Wildman–Crippen MR) is 203 cm³/mol. The number of amides is 4. The fourth-order valence-electron chi connectivity index (χ4n) is 7.07. The van der Waals surface area contributed by atoms with Gasteiger partial charge in [-0.2, -0.15) is 5.10 Å². The van der Waals surface area contributed by atoms with E-state index in [0.29, 0.717) is 43.5 Å². The number of H-pyrrole nitrogens is 1. The smallest absolute Gasteiger partial charge is 0.407 e. The fraction of sp³-hybridized carbons (Fsp3) is 0.439. The lowest BCUT2D eigenvalue weighted by molar-refractivity contribution is -0.130. The van der Waals surface area contributed by atoms with Gasteiger partial charge >= 0.3 is 6.09 Å². The number of nitrogens with one attached hydrogen (secondary N) is 5. The number of hydrogen-bond donors (Lipinski definition) is 6. The molecule has 1 aromatic heterocycles. The first kappa shape index (κ1) is 37.5. The van der Waals surface area contributed by atoms with E-state index in [9.17, 15) is 24.3 Å². The van der Waals surface area contributed by atoms with Crippen LogP contribution >= 0.6 is 0 Å². The Morgan fingerprint density at radius 1 is 0.962 bits per heavy atom. The molecular weight excluding hydrogens is 672 g/mol. The van der Waals surface area contributed by atoms with Gasteiger partial charge in [0.05, 0.1) is 17.8 Å². The van der Waals surface area contributed by atoms with Gasteiger partial charge in [0.1, 0.15) is 11.6 Å². The molecule has 6 rings (SSSR count). The monoisotopic (exact) mass is 722 g/mol. The molecule has 0 spiro atoms. The molecular formula is C41H50N6O6. The third-order valence-corrected chi connectivity index (χ3v) is 10.1. The average molecular weight is 723 g/mol. The summed E-state index contributed by atoms with van der Waals surface area (Å²) in [6, 6.07) is 18.2. The van der Waals surface area contributed by atoms with E-state index in [1.54, 1.807) is 6.20 Å². The van der Waals surface area contributed by atoms with E-state index in [1.165, 1.54) is 0 Å². The minimum absolute atomic E-state index is 0.00977. The van der Waals surface area contributed by atoms with Crippen LogP contribution in [0, 0.1) is 18.8 Å². The molecule has 2 aliphatic rings. The van der Waals surface area contributed by atoms with Gasteiger partial charge in [-0.1, -0.05) is 30.3 Å². The van der Waals surface area contributed by atoms with Gasteiger partial charge < -0.3 is 31.1 Å². The van der Waals surface area contributed by atoms with Crippen LogP contribution in [0.5, 0.6) is 0 Å². The molecule has 2 saturated carbocycles. The third kappa shape index (κ3) is 10.0. The van der Waals surface area contributed by atoms with Gasteiger partial charge in [-0.15, -0.1) is 0 Å². The summed E-state index contributed by atoms with van der Waals surface area (Å²) in [5.41, 5.74) is 5.18. The van der Waals surface area contributed by atoms with Gasteiger partial charge in [-0.25, -0.2) is 4.79 Å². The van der Waals surface area contributed by atoms with Crippen LogP contribution in [-0.2, 0) is 20.7 Å². The van der Waals surface area contributed by atoms with Crippen molar-refractivity contribution in [2.75, 3.05) is 11.9 Å². The normalized spacial score (nSPS) is 20.5. The summed E-state index contributed by atoms with van der Waals surface area (Å²) in [6.45, 7) is 7.94. The van der Waals surface area contributed by atoms with Crippen LogP contribution in [0.25, 0.3) is 22.0 Å². The molecule has 0 bridgehead atoms. The zero-order valence-electron chi connectivity index (χ0n) is 30.8. The van der Waals surface area contributed by atoms with Crippen LogP contribution < -0.4 is 21.3 Å². The van der Waals surface area contributed by atoms with Gasteiger partial charge in [-0.3, -0.25) is 19.5 Å². The summed E-state index contributed by atoms with van der Waals surface area (Å²) >= 11 is 0. The van der Waals surface area contributed by atoms with Crippen molar-refractivity contribution in [1.82, 2.24) is 26.1 Å². The molecule has 0 aliphatic heterocycles. The molecule has 1 unspecified atom stereocenters. The summed E-state index contributed by atoms with van der Waals surface area (Å²) in [6.07, 6.45) is 5.28. The van der Waals surface area contributed by atoms with Crippen LogP contribution in [0.1, 0.15) is 80.8 Å². The van der Waals surface area contributed by atoms with E-state index in [0.717, 1.165) is 46.0 Å². The molecule has 280 valence electrons. The zero-order chi connectivity index (χ0) is 37.7. The molecule has 2 fully saturated rings. The zero-order valence-corrected chi connectivity index (χ0v) is 30.8. The second-order valence-electron chi connectivity index (χ2n) is 15.5. The molecule has 4 aromatic rings. The lowest BCUT2D eigenvalue weighted by atomic mass is 9.81. The summed E-state index contributed by atoms with van der Waals surface area (Å²) in [5, 5.41) is 29.3. The third-order valence-electron chi connectivity index (χ3n) is 10.1. The maximum Gasteiger partial charge on any atom is 0.407 e. The van der Waals surface area contributed by atoms with Crippen molar-refractivity contribution in [2.24, 2.45) is 11.8 Å². The topological polar surface area (TPSA) is 175 Å². The first-order valence-electron chi connectivity index (χ1n) is 18.5. The molecule has 0 saturated heterocycles. The lowest BCUT2D eigenvalue weighted by Crippen LogP contribution is -2.48. The lowest BCUT2D eigenvalue weighted by Gasteiger charge is -2.32. The second-order valence-corrected chi connectivity index (χ2v) is 15.5. The van der Waals surface area contributed by atoms with Crippen LogP contribution in [0.2, 0.25) is 0 Å². The minimum atomic E-state index is -0.825. The standard InChI is InChI=1S/C41H50N6O6/c1-24-17-29(38(50)45-32-19-33(48)20-32)14-16-34(24)27-9-5-25(6-10-27)18-36(39(51)44-31-15-13-30-23-43-47-35(30)21-31)46-37(49)28-11-7-26(8-12-28)22-42-40(52)53-41(2,3)4/h5-6,9-10,13-17,21,23,26,28,32-33,36,48H,7-8,11-12,18-20,22H2,1-4H3,(H,42,52)(H,43,47)(H,44,51)(H,45,50)(H,46,49). The highest BCUT2D eigenvalue weighted by atomic mass is 16.6. The number of aliphatic hydroxyl groups excluding tert-OH is 1. The van der Waals surface area contributed by atoms with Crippen LogP contribution in [0.4, 0.5) is 10.5 Å². The Balaban J connectivity index is 1.10. The van der Waals surface area contributed by atoms with Crippen molar-refractivity contribution < 1.29 is 29.0 Å². The van der Waals surface area contributed by atoms with Crippen molar-refractivity contribution >= 4 is 40.4 Å². The second kappa shape index (κ2) is 16.2. The number of alkyl carbamates (subject to hydrolysis) is 1. The van der Waals surface area contributed by atoms with E-state index in [-0.39, 0.29) is 48.1 Å². The number of fused-ring (bicyclic) bond motifs is 1. The highest BCUT2D eigenvalue weighted by Gasteiger charge is 2.31. The molecule has 4 amide bonds. The summed E-state index contributed by atoms with van der Waals surface area (Å²) < 4.78 is 5.35. The van der Waals surface area contributed by atoms with Gasteiger partial charge in [0.25, 0.3) is 5.91 Å². The molecule has 1 atom stereocenters. The van der Waals surface area contributed by atoms with Gasteiger partial charge in [0.2, 0.25) is 11.8 Å². The number of aryl methyl sites for hydroxylation is 1. The summed E-state index contributed by atoms with van der Waals surface area (Å²) in [5.74, 6) is -0.609. The number of aliphatic hydroxyl groups is 1. The Hall–Kier alpha value is -5.23. The maximum atomic E-state index is 13.8. The summed E-state index contributed by atoms with van der Waals surface area (Å²) in [7, 11) is 0. The molecule has 6 N–H and O–H groups in total. The quantitative estimate of drug-likeness (QED) is 0.114. The Bertz CT molecular complexity index is 1940. The SMILES string of the molecule is Cc1cc(C(=O)NC2CC(O)C2)ccc1-c1ccc(CC(NC(=O)C2CCC(CNC(=O)OC(C)(C)C)CC2)C(=O)Nc2ccc3cn[nH]c3c2)cc1. The number of ether oxygens (including phenoxy) is 1. The van der Waals surface area contributed by atoms with Crippen LogP contribution in [0.15, 0.2) is 66.9 Å². The molecule has 2 aliphatic carbocycles. The Morgan fingerprint density at radius 2 is 1.70 bits per heavy atom. The molecule has 12 nitrogen and oxygen atoms in total. The molecule has 0 radical (unpaired) electrons. The van der Waals surface area contributed by atoms with E-state index in [4.69, 9.17) is 4.74 Å². The largest absolute Gasteiger partial charge is 0.444 e. The molecule has 53 heavy (non-hydrogen) atoms. The number of anilines is 1. The average Bonchev–Trinajstić information content (AvgIpc) is 3.58. The first-order valence-corrected chi connectivity index (χ1v) is 18.5. The van der Waals surface area contributed by atoms with Crippen molar-refractivity contribution in [2.45, 2.75) is 96.4 Å². The number of nitrogens with zero attached hydrogens (tertiary/aromatic N) is 1. The van der Waals surface area contributed by atoms with Crippen molar-refractivity contribution in [3.63, 3.8) is 0 Å². The minimum Gasteiger partial charge on any atom is -0.444 e. The number of rotatable bonds is 11. The molecule has 12 heteroatoms. The number of carbonyl (C=O) groups excluding carboxylic acids is 4. The Morgan fingerprint density at radius 3 is 2.38 bits per heavy atom. The van der Waals surface area contributed by atoms with E-state index in [1.807, 2.05) is 88.4 Å². The highest BCUT2D eigenvalue weighted by molar-refractivity contribution is 5.99. The number of aromatic nitrogens is 2. The van der Waals surface area contributed by atoms with E-state index >= 15 is 0 Å². The fourth-order valence-corrected chi connectivity index (χ4v) is 7.07.